The van der Waals surface area contributed by atoms with E-state index in [1.165, 1.54) is 4.90 Å². The molecule has 1 unspecified atom stereocenters. The summed E-state index contributed by atoms with van der Waals surface area (Å²) in [5.74, 6) is 1.21. The van der Waals surface area contributed by atoms with Gasteiger partial charge in [-0.05, 0) is 61.7 Å². The molecule has 2 aromatic heterocycles. The van der Waals surface area contributed by atoms with E-state index in [0.717, 1.165) is 29.2 Å². The molecule has 0 spiro atoms. The molecule has 5 aromatic rings. The first-order chi connectivity index (χ1) is 21.0. The number of nitrogens with zero attached hydrogens (tertiary/aromatic N) is 4. The smallest absolute Gasteiger partial charge is 0.407 e. The minimum absolute atomic E-state index is 0.0837. The van der Waals surface area contributed by atoms with Gasteiger partial charge in [0.2, 0.25) is 11.8 Å². The number of aryl methyl sites for hydroxylation is 1. The predicted molar refractivity (Wildman–Crippen MR) is 165 cm³/mol. The molecule has 1 aliphatic rings. The summed E-state index contributed by atoms with van der Waals surface area (Å²) >= 11 is 0. The van der Waals surface area contributed by atoms with E-state index in [4.69, 9.17) is 9.72 Å². The number of fused-ring (bicyclic) bond motifs is 1. The first kappa shape index (κ1) is 27.6. The number of pyridine rings is 1. The SMILES string of the molecule is Cc1ccc2c(NC(=O)c3ccccc3)cccc2c1Oc1ncccc1-c1ccnc(NC2CCCN(C(=O)O)C2)n1. The Kier molecular flexibility index (Phi) is 7.82. The van der Waals surface area contributed by atoms with Crippen LogP contribution < -0.4 is 15.4 Å². The third-order valence-electron chi connectivity index (χ3n) is 7.42. The number of anilines is 2. The summed E-state index contributed by atoms with van der Waals surface area (Å²) in [4.78, 5) is 39.4. The summed E-state index contributed by atoms with van der Waals surface area (Å²) in [6.45, 7) is 2.86. The quantitative estimate of drug-likeness (QED) is 0.198. The van der Waals surface area contributed by atoms with Crippen LogP contribution in [0.3, 0.4) is 0 Å². The van der Waals surface area contributed by atoms with Crippen molar-refractivity contribution in [2.75, 3.05) is 23.7 Å². The van der Waals surface area contributed by atoms with Crippen LogP contribution in [-0.2, 0) is 0 Å². The molecule has 10 nitrogen and oxygen atoms in total. The molecule has 2 amide bonds. The number of carboxylic acid groups (broad SMARTS) is 1. The van der Waals surface area contributed by atoms with Gasteiger partial charge in [-0.25, -0.2) is 19.7 Å². The number of rotatable bonds is 7. The third kappa shape index (κ3) is 6.08. The highest BCUT2D eigenvalue weighted by atomic mass is 16.5. The fourth-order valence-corrected chi connectivity index (χ4v) is 5.26. The fourth-order valence-electron chi connectivity index (χ4n) is 5.26. The molecule has 3 heterocycles. The number of nitrogens with one attached hydrogen (secondary N) is 2. The molecule has 0 saturated carbocycles. The molecule has 3 aromatic carbocycles. The Labute approximate surface area is 248 Å². The molecule has 3 N–H and O–H groups in total. The van der Waals surface area contributed by atoms with Gasteiger partial charge in [0.15, 0.2) is 0 Å². The van der Waals surface area contributed by atoms with Crippen LogP contribution in [0, 0.1) is 6.92 Å². The zero-order valence-corrected chi connectivity index (χ0v) is 23.5. The largest absolute Gasteiger partial charge is 0.465 e. The van der Waals surface area contributed by atoms with Gasteiger partial charge in [0.05, 0.1) is 11.3 Å². The standard InChI is InChI=1S/C33H30N6O4/c1-21-14-15-24-25(11-5-13-27(24)37-30(40)22-8-3-2-4-9-22)29(21)43-31-26(12-6-17-34-31)28-16-18-35-32(38-28)36-23-10-7-19-39(20-23)33(41)42/h2-6,8-9,11-18,23H,7,10,19-20H2,1H3,(H,37,40)(H,41,42)(H,35,36,38). The first-order valence-corrected chi connectivity index (χ1v) is 14.1. The lowest BCUT2D eigenvalue weighted by Crippen LogP contribution is -2.44. The maximum atomic E-state index is 12.9. The van der Waals surface area contributed by atoms with Crippen molar-refractivity contribution in [2.24, 2.45) is 0 Å². The fraction of sp³-hybridized carbons (Fsp3) is 0.182. The lowest BCUT2D eigenvalue weighted by atomic mass is 10.0. The Bertz CT molecular complexity index is 1800. The molecule has 0 bridgehead atoms. The topological polar surface area (TPSA) is 130 Å². The summed E-state index contributed by atoms with van der Waals surface area (Å²) in [6, 6.07) is 24.1. The summed E-state index contributed by atoms with van der Waals surface area (Å²) in [5, 5.41) is 17.4. The molecule has 43 heavy (non-hydrogen) atoms. The molecule has 0 aliphatic carbocycles. The lowest BCUT2D eigenvalue weighted by molar-refractivity contribution is 0.102. The highest BCUT2D eigenvalue weighted by Gasteiger charge is 2.24. The number of aromatic nitrogens is 3. The normalized spacial score (nSPS) is 14.7. The van der Waals surface area contributed by atoms with Crippen LogP contribution in [0.15, 0.2) is 91.3 Å². The Morgan fingerprint density at radius 3 is 2.63 bits per heavy atom. The van der Waals surface area contributed by atoms with E-state index in [-0.39, 0.29) is 11.9 Å². The molecule has 1 atom stereocenters. The minimum atomic E-state index is -0.923. The van der Waals surface area contributed by atoms with Gasteiger partial charge >= 0.3 is 6.09 Å². The Morgan fingerprint density at radius 2 is 1.79 bits per heavy atom. The van der Waals surface area contributed by atoms with E-state index >= 15 is 0 Å². The zero-order valence-electron chi connectivity index (χ0n) is 23.5. The van der Waals surface area contributed by atoms with Gasteiger partial charge in [0, 0.05) is 53.5 Å². The summed E-state index contributed by atoms with van der Waals surface area (Å²) in [7, 11) is 0. The lowest BCUT2D eigenvalue weighted by Gasteiger charge is -2.31. The number of carbonyl (C=O) groups excluding carboxylic acids is 1. The predicted octanol–water partition coefficient (Wildman–Crippen LogP) is 6.60. The van der Waals surface area contributed by atoms with Gasteiger partial charge in [0.25, 0.3) is 5.91 Å². The van der Waals surface area contributed by atoms with Crippen LogP contribution >= 0.6 is 0 Å². The molecule has 10 heteroatoms. The number of benzene rings is 3. The van der Waals surface area contributed by atoms with Crippen molar-refractivity contribution in [3.8, 4) is 22.9 Å². The van der Waals surface area contributed by atoms with Crippen molar-refractivity contribution < 1.29 is 19.4 Å². The molecule has 1 aliphatic heterocycles. The van der Waals surface area contributed by atoms with Gasteiger partial charge < -0.3 is 25.4 Å². The van der Waals surface area contributed by atoms with Gasteiger partial charge in [-0.1, -0.05) is 42.5 Å². The Morgan fingerprint density at radius 1 is 0.930 bits per heavy atom. The Hall–Kier alpha value is -5.51. The average Bonchev–Trinajstić information content (AvgIpc) is 3.03. The summed E-state index contributed by atoms with van der Waals surface area (Å²) in [6.07, 6.45) is 3.99. The number of amides is 2. The highest BCUT2D eigenvalue weighted by Crippen LogP contribution is 2.38. The van der Waals surface area contributed by atoms with Crippen LogP contribution in [0.1, 0.15) is 28.8 Å². The van der Waals surface area contributed by atoms with Gasteiger partial charge in [0.1, 0.15) is 5.75 Å². The summed E-state index contributed by atoms with van der Waals surface area (Å²) in [5.41, 5.74) is 3.44. The molecule has 0 radical (unpaired) electrons. The van der Waals surface area contributed by atoms with Crippen LogP contribution in [0.4, 0.5) is 16.4 Å². The average molecular weight is 575 g/mol. The zero-order chi connectivity index (χ0) is 29.8. The molecule has 1 saturated heterocycles. The van der Waals surface area contributed by atoms with Crippen LogP contribution in [0.5, 0.6) is 11.6 Å². The molecule has 1 fully saturated rings. The maximum absolute atomic E-state index is 12.9. The van der Waals surface area contributed by atoms with Crippen molar-refractivity contribution >= 4 is 34.4 Å². The molecule has 6 rings (SSSR count). The second-order valence-electron chi connectivity index (χ2n) is 10.4. The van der Waals surface area contributed by atoms with E-state index < -0.39 is 6.09 Å². The van der Waals surface area contributed by atoms with Gasteiger partial charge in [-0.3, -0.25) is 4.79 Å². The first-order valence-electron chi connectivity index (χ1n) is 14.1. The molecule has 216 valence electrons. The van der Waals surface area contributed by atoms with Crippen molar-refractivity contribution in [1.82, 2.24) is 19.9 Å². The minimum Gasteiger partial charge on any atom is -0.465 e. The third-order valence-corrected chi connectivity index (χ3v) is 7.42. The van der Waals surface area contributed by atoms with Crippen molar-refractivity contribution in [3.63, 3.8) is 0 Å². The van der Waals surface area contributed by atoms with Gasteiger partial charge in [-0.15, -0.1) is 0 Å². The number of likely N-dealkylation sites (tertiary alicyclic amines) is 1. The van der Waals surface area contributed by atoms with Gasteiger partial charge in [-0.2, -0.15) is 0 Å². The van der Waals surface area contributed by atoms with Crippen molar-refractivity contribution in [2.45, 2.75) is 25.8 Å². The highest BCUT2D eigenvalue weighted by molar-refractivity contribution is 6.10. The Balaban J connectivity index is 1.29. The van der Waals surface area contributed by atoms with Crippen LogP contribution in [-0.4, -0.2) is 56.1 Å². The monoisotopic (exact) mass is 574 g/mol. The van der Waals surface area contributed by atoms with Crippen molar-refractivity contribution in [1.29, 1.82) is 0 Å². The van der Waals surface area contributed by atoms with Crippen molar-refractivity contribution in [3.05, 3.63) is 102 Å². The van der Waals surface area contributed by atoms with E-state index in [1.807, 2.05) is 67.6 Å². The second-order valence-corrected chi connectivity index (χ2v) is 10.4. The van der Waals surface area contributed by atoms with E-state index in [1.54, 1.807) is 30.6 Å². The van der Waals surface area contributed by atoms with Crippen LogP contribution in [0.2, 0.25) is 0 Å². The number of ether oxygens (including phenoxy) is 1. The summed E-state index contributed by atoms with van der Waals surface area (Å²) < 4.78 is 6.51. The number of piperidine rings is 1. The number of hydrogen-bond donors (Lipinski definition) is 3. The van der Waals surface area contributed by atoms with E-state index in [9.17, 15) is 14.7 Å². The number of hydrogen-bond acceptors (Lipinski definition) is 7. The maximum Gasteiger partial charge on any atom is 0.407 e. The van der Waals surface area contributed by atoms with Crippen LogP contribution in [0.25, 0.3) is 22.0 Å². The van der Waals surface area contributed by atoms with E-state index in [2.05, 4.69) is 20.6 Å². The second kappa shape index (κ2) is 12.2. The molecular formula is C33H30N6O4. The number of carbonyl (C=O) groups is 2. The van der Waals surface area contributed by atoms with E-state index in [0.29, 0.717) is 53.2 Å². The molecular weight excluding hydrogens is 544 g/mol.